The van der Waals surface area contributed by atoms with Gasteiger partial charge < -0.3 is 5.73 Å². The van der Waals surface area contributed by atoms with Crippen LogP contribution in [0.4, 0.5) is 10.2 Å². The molecule has 3 aromatic rings. The maximum absolute atomic E-state index is 13.5. The molecule has 2 heterocycles. The summed E-state index contributed by atoms with van der Waals surface area (Å²) in [6, 6.07) is 9.65. The van der Waals surface area contributed by atoms with E-state index < -0.39 is 5.82 Å². The first-order valence-electron chi connectivity index (χ1n) is 5.80. The number of hydrogen-bond donors (Lipinski definition) is 1. The highest BCUT2D eigenvalue weighted by Crippen LogP contribution is 2.25. The second kappa shape index (κ2) is 4.28. The summed E-state index contributed by atoms with van der Waals surface area (Å²) < 4.78 is 13.5. The van der Waals surface area contributed by atoms with Crippen molar-refractivity contribution in [3.05, 3.63) is 48.0 Å². The third kappa shape index (κ3) is 1.89. The van der Waals surface area contributed by atoms with Gasteiger partial charge in [0.25, 0.3) is 0 Å². The standard InChI is InChI=1S/C14H11FN4/c1-8-11(15)13(16)19-14(18-8)12-10-5-3-2-4-9(10)6-7-17-12/h2-7H,1H3,(H2,16,18,19). The van der Waals surface area contributed by atoms with Gasteiger partial charge in [-0.1, -0.05) is 24.3 Å². The number of halogens is 1. The predicted octanol–water partition coefficient (Wildman–Crippen LogP) is 2.72. The Hall–Kier alpha value is -2.56. The van der Waals surface area contributed by atoms with Gasteiger partial charge in [-0.05, 0) is 18.4 Å². The molecule has 0 saturated carbocycles. The molecule has 0 spiro atoms. The highest BCUT2D eigenvalue weighted by molar-refractivity contribution is 5.92. The molecule has 0 unspecified atom stereocenters. The molecule has 0 bridgehead atoms. The van der Waals surface area contributed by atoms with Crippen LogP contribution in [0.1, 0.15) is 5.69 Å². The number of nitrogen functional groups attached to an aromatic ring is 1. The number of pyridine rings is 1. The van der Waals surface area contributed by atoms with Gasteiger partial charge >= 0.3 is 0 Å². The molecule has 0 aliphatic rings. The van der Waals surface area contributed by atoms with Gasteiger partial charge in [-0.15, -0.1) is 0 Å². The Balaban J connectivity index is 2.31. The van der Waals surface area contributed by atoms with Crippen LogP contribution in [0.3, 0.4) is 0 Å². The van der Waals surface area contributed by atoms with E-state index in [0.717, 1.165) is 10.8 Å². The minimum absolute atomic E-state index is 0.155. The molecule has 0 amide bonds. The molecule has 19 heavy (non-hydrogen) atoms. The van der Waals surface area contributed by atoms with Gasteiger partial charge in [-0.3, -0.25) is 4.98 Å². The van der Waals surface area contributed by atoms with Gasteiger partial charge in [-0.2, -0.15) is 0 Å². The summed E-state index contributed by atoms with van der Waals surface area (Å²) in [5.41, 5.74) is 6.37. The second-order valence-corrected chi connectivity index (χ2v) is 4.21. The minimum Gasteiger partial charge on any atom is -0.381 e. The zero-order valence-electron chi connectivity index (χ0n) is 10.3. The normalized spacial score (nSPS) is 10.8. The molecule has 1 aromatic carbocycles. The minimum atomic E-state index is -0.580. The van der Waals surface area contributed by atoms with Gasteiger partial charge in [0.15, 0.2) is 17.5 Å². The molecule has 4 nitrogen and oxygen atoms in total. The fraction of sp³-hybridized carbons (Fsp3) is 0.0714. The Labute approximate surface area is 109 Å². The first kappa shape index (κ1) is 11.5. The summed E-state index contributed by atoms with van der Waals surface area (Å²) in [5, 5.41) is 1.94. The van der Waals surface area contributed by atoms with Crippen LogP contribution >= 0.6 is 0 Å². The molecule has 0 aliphatic carbocycles. The lowest BCUT2D eigenvalue weighted by atomic mass is 10.1. The number of hydrogen-bond acceptors (Lipinski definition) is 4. The van der Waals surface area contributed by atoms with Crippen LogP contribution in [0.2, 0.25) is 0 Å². The summed E-state index contributed by atoms with van der Waals surface area (Å²) in [5.74, 6) is -0.394. The molecule has 0 aliphatic heterocycles. The molecular formula is C14H11FN4. The van der Waals surface area contributed by atoms with E-state index >= 15 is 0 Å². The zero-order chi connectivity index (χ0) is 13.4. The molecule has 94 valence electrons. The van der Waals surface area contributed by atoms with Crippen molar-refractivity contribution in [3.8, 4) is 11.5 Å². The SMILES string of the molecule is Cc1nc(-c2nccc3ccccc23)nc(N)c1F. The quantitative estimate of drug-likeness (QED) is 0.725. The van der Waals surface area contributed by atoms with Crippen molar-refractivity contribution in [2.45, 2.75) is 6.92 Å². The van der Waals surface area contributed by atoms with Crippen molar-refractivity contribution in [1.82, 2.24) is 15.0 Å². The van der Waals surface area contributed by atoms with E-state index in [1.807, 2.05) is 30.3 Å². The largest absolute Gasteiger partial charge is 0.381 e. The number of aryl methyl sites for hydroxylation is 1. The van der Waals surface area contributed by atoms with Crippen LogP contribution < -0.4 is 5.73 Å². The van der Waals surface area contributed by atoms with Gasteiger partial charge in [-0.25, -0.2) is 14.4 Å². The van der Waals surface area contributed by atoms with Crippen LogP contribution in [0.15, 0.2) is 36.5 Å². The van der Waals surface area contributed by atoms with Crippen molar-refractivity contribution < 1.29 is 4.39 Å². The molecule has 3 rings (SSSR count). The van der Waals surface area contributed by atoms with Crippen LogP contribution in [-0.4, -0.2) is 15.0 Å². The highest BCUT2D eigenvalue weighted by atomic mass is 19.1. The van der Waals surface area contributed by atoms with Crippen LogP contribution in [0, 0.1) is 12.7 Å². The van der Waals surface area contributed by atoms with Crippen LogP contribution in [0.5, 0.6) is 0 Å². The maximum atomic E-state index is 13.5. The van der Waals surface area contributed by atoms with Gasteiger partial charge in [0.2, 0.25) is 0 Å². The van der Waals surface area contributed by atoms with Gasteiger partial charge in [0, 0.05) is 11.6 Å². The number of aromatic nitrogens is 3. The van der Waals surface area contributed by atoms with E-state index in [1.54, 1.807) is 13.1 Å². The van der Waals surface area contributed by atoms with Crippen LogP contribution in [0.25, 0.3) is 22.3 Å². The smallest absolute Gasteiger partial charge is 0.186 e. The molecule has 5 heteroatoms. The molecule has 0 radical (unpaired) electrons. The van der Waals surface area contributed by atoms with E-state index in [-0.39, 0.29) is 11.5 Å². The van der Waals surface area contributed by atoms with Crippen molar-refractivity contribution >= 4 is 16.6 Å². The Morgan fingerprint density at radius 2 is 1.89 bits per heavy atom. The third-order valence-corrected chi connectivity index (χ3v) is 2.93. The Kier molecular flexibility index (Phi) is 2.59. The predicted molar refractivity (Wildman–Crippen MR) is 71.9 cm³/mol. The van der Waals surface area contributed by atoms with Crippen molar-refractivity contribution in [2.75, 3.05) is 5.73 Å². The Bertz CT molecular complexity index is 742. The molecule has 0 atom stereocenters. The number of nitrogens with two attached hydrogens (primary N) is 1. The fourth-order valence-electron chi connectivity index (χ4n) is 1.99. The third-order valence-electron chi connectivity index (χ3n) is 2.93. The number of anilines is 1. The average Bonchev–Trinajstić information content (AvgIpc) is 2.43. The maximum Gasteiger partial charge on any atom is 0.186 e. The van der Waals surface area contributed by atoms with Gasteiger partial charge in [0.05, 0.1) is 5.69 Å². The average molecular weight is 254 g/mol. The van der Waals surface area contributed by atoms with Crippen molar-refractivity contribution in [1.29, 1.82) is 0 Å². The fourth-order valence-corrected chi connectivity index (χ4v) is 1.99. The van der Waals surface area contributed by atoms with Crippen molar-refractivity contribution in [3.63, 3.8) is 0 Å². The molecule has 2 N–H and O–H groups in total. The van der Waals surface area contributed by atoms with Crippen molar-refractivity contribution in [2.24, 2.45) is 0 Å². The van der Waals surface area contributed by atoms with E-state index in [2.05, 4.69) is 15.0 Å². The lowest BCUT2D eigenvalue weighted by Gasteiger charge is -2.06. The van der Waals surface area contributed by atoms with Gasteiger partial charge in [0.1, 0.15) is 5.69 Å². The monoisotopic (exact) mass is 254 g/mol. The topological polar surface area (TPSA) is 64.7 Å². The number of benzene rings is 1. The first-order chi connectivity index (χ1) is 9.16. The zero-order valence-corrected chi connectivity index (χ0v) is 10.3. The van der Waals surface area contributed by atoms with E-state index in [0.29, 0.717) is 11.5 Å². The van der Waals surface area contributed by atoms with E-state index in [1.165, 1.54) is 0 Å². The Morgan fingerprint density at radius 1 is 1.11 bits per heavy atom. The number of rotatable bonds is 1. The second-order valence-electron chi connectivity index (χ2n) is 4.21. The number of fused-ring (bicyclic) bond motifs is 1. The lowest BCUT2D eigenvalue weighted by molar-refractivity contribution is 0.608. The van der Waals surface area contributed by atoms with E-state index in [4.69, 9.17) is 5.73 Å². The molecule has 2 aromatic heterocycles. The van der Waals surface area contributed by atoms with E-state index in [9.17, 15) is 4.39 Å². The molecular weight excluding hydrogens is 243 g/mol. The molecule has 0 fully saturated rings. The summed E-state index contributed by atoms with van der Waals surface area (Å²) in [7, 11) is 0. The summed E-state index contributed by atoms with van der Waals surface area (Å²) in [6.45, 7) is 1.56. The summed E-state index contributed by atoms with van der Waals surface area (Å²) >= 11 is 0. The lowest BCUT2D eigenvalue weighted by Crippen LogP contribution is -2.04. The number of nitrogens with zero attached hydrogens (tertiary/aromatic N) is 3. The summed E-state index contributed by atoms with van der Waals surface area (Å²) in [4.78, 5) is 12.4. The van der Waals surface area contributed by atoms with Crippen LogP contribution in [-0.2, 0) is 0 Å². The molecule has 0 saturated heterocycles. The highest BCUT2D eigenvalue weighted by Gasteiger charge is 2.13. The summed E-state index contributed by atoms with van der Waals surface area (Å²) in [6.07, 6.45) is 1.68. The Morgan fingerprint density at radius 3 is 2.68 bits per heavy atom. The first-order valence-corrected chi connectivity index (χ1v) is 5.80.